The second-order valence-electron chi connectivity index (χ2n) is 8.33. The Morgan fingerprint density at radius 1 is 0.853 bits per heavy atom. The van der Waals surface area contributed by atoms with Crippen molar-refractivity contribution in [3.8, 4) is 0 Å². The molecule has 0 bridgehead atoms. The lowest BCUT2D eigenvalue weighted by Crippen LogP contribution is -2.51. The third-order valence-corrected chi connectivity index (χ3v) is 6.20. The molecule has 3 amide bonds. The van der Waals surface area contributed by atoms with Crippen molar-refractivity contribution in [3.63, 3.8) is 0 Å². The van der Waals surface area contributed by atoms with Crippen LogP contribution in [0.5, 0.6) is 0 Å². The smallest absolute Gasteiger partial charge is 0.309 e. The molecule has 10 heteroatoms. The maximum Gasteiger partial charge on any atom is 0.309 e. The van der Waals surface area contributed by atoms with Crippen molar-refractivity contribution in [2.45, 2.75) is 12.8 Å². The van der Waals surface area contributed by atoms with E-state index in [1.807, 2.05) is 0 Å². The van der Waals surface area contributed by atoms with E-state index in [1.54, 1.807) is 26.8 Å². The lowest BCUT2D eigenvalue weighted by molar-refractivity contribution is -0.157. The van der Waals surface area contributed by atoms with Crippen molar-refractivity contribution in [1.82, 2.24) is 14.7 Å². The molecule has 2 fully saturated rings. The molecule has 2 saturated heterocycles. The maximum absolute atomic E-state index is 13.1. The molecule has 4 rings (SSSR count). The quantitative estimate of drug-likeness (QED) is 0.617. The predicted octanol–water partition coefficient (Wildman–Crippen LogP) is 1.80. The zero-order chi connectivity index (χ0) is 24.1. The Morgan fingerprint density at radius 2 is 1.47 bits per heavy atom. The molecule has 0 saturated carbocycles. The third kappa shape index (κ3) is 5.44. The molecular formula is C24H26FN3O6. The Hall–Kier alpha value is -3.69. The first-order valence-corrected chi connectivity index (χ1v) is 11.2. The van der Waals surface area contributed by atoms with Crippen molar-refractivity contribution >= 4 is 23.7 Å². The molecule has 1 aromatic carbocycles. The highest BCUT2D eigenvalue weighted by molar-refractivity contribution is 5.94. The van der Waals surface area contributed by atoms with Crippen LogP contribution < -0.4 is 0 Å². The molecule has 34 heavy (non-hydrogen) atoms. The summed E-state index contributed by atoms with van der Waals surface area (Å²) < 4.78 is 23.4. The highest BCUT2D eigenvalue weighted by Gasteiger charge is 2.30. The third-order valence-electron chi connectivity index (χ3n) is 6.20. The van der Waals surface area contributed by atoms with Gasteiger partial charge in [-0.2, -0.15) is 0 Å². The summed E-state index contributed by atoms with van der Waals surface area (Å²) in [6.07, 6.45) is 2.32. The fourth-order valence-electron chi connectivity index (χ4n) is 4.15. The Morgan fingerprint density at radius 3 is 2.09 bits per heavy atom. The number of hydrogen-bond acceptors (Lipinski definition) is 6. The second kappa shape index (κ2) is 10.5. The summed E-state index contributed by atoms with van der Waals surface area (Å²) in [4.78, 5) is 54.5. The Bertz CT molecular complexity index is 1020. The van der Waals surface area contributed by atoms with Crippen LogP contribution in [-0.2, 0) is 14.3 Å². The number of ether oxygens (including phenoxy) is 1. The van der Waals surface area contributed by atoms with E-state index in [9.17, 15) is 23.6 Å². The molecule has 3 heterocycles. The molecule has 0 atom stereocenters. The van der Waals surface area contributed by atoms with Gasteiger partial charge in [0.25, 0.3) is 17.7 Å². The van der Waals surface area contributed by atoms with Gasteiger partial charge in [0.05, 0.1) is 12.2 Å². The number of carbonyl (C=O) groups is 4. The second-order valence-corrected chi connectivity index (χ2v) is 8.33. The van der Waals surface area contributed by atoms with Gasteiger partial charge in [-0.15, -0.1) is 0 Å². The molecule has 180 valence electrons. The minimum Gasteiger partial charge on any atom is -0.459 e. The molecule has 9 nitrogen and oxygen atoms in total. The number of benzene rings is 1. The van der Waals surface area contributed by atoms with E-state index in [4.69, 9.17) is 9.15 Å². The Kier molecular flexibility index (Phi) is 7.24. The van der Waals surface area contributed by atoms with E-state index >= 15 is 0 Å². The van der Waals surface area contributed by atoms with E-state index in [-0.39, 0.29) is 36.0 Å². The van der Waals surface area contributed by atoms with Crippen LogP contribution in [0.2, 0.25) is 0 Å². The first kappa shape index (κ1) is 23.5. The lowest BCUT2D eigenvalue weighted by Gasteiger charge is -2.34. The van der Waals surface area contributed by atoms with E-state index < -0.39 is 11.8 Å². The molecular weight excluding hydrogens is 445 g/mol. The van der Waals surface area contributed by atoms with Crippen LogP contribution in [0, 0.1) is 11.7 Å². The molecule has 2 aliphatic rings. The van der Waals surface area contributed by atoms with Gasteiger partial charge >= 0.3 is 5.97 Å². The zero-order valence-corrected chi connectivity index (χ0v) is 18.7. The summed E-state index contributed by atoms with van der Waals surface area (Å²) >= 11 is 0. The van der Waals surface area contributed by atoms with Gasteiger partial charge in [-0.25, -0.2) is 4.39 Å². The van der Waals surface area contributed by atoms with Crippen molar-refractivity contribution in [1.29, 1.82) is 0 Å². The van der Waals surface area contributed by atoms with E-state index in [0.717, 1.165) is 0 Å². The van der Waals surface area contributed by atoms with Gasteiger partial charge in [-0.3, -0.25) is 19.2 Å². The molecule has 2 aromatic rings. The van der Waals surface area contributed by atoms with Crippen molar-refractivity contribution < 1.29 is 32.7 Å². The van der Waals surface area contributed by atoms with Gasteiger partial charge in [-0.1, -0.05) is 0 Å². The summed E-state index contributed by atoms with van der Waals surface area (Å²) in [5.74, 6) is -1.69. The lowest BCUT2D eigenvalue weighted by atomic mass is 9.96. The van der Waals surface area contributed by atoms with Crippen molar-refractivity contribution in [2.75, 3.05) is 45.9 Å². The maximum atomic E-state index is 13.1. The van der Waals surface area contributed by atoms with Crippen LogP contribution in [0.1, 0.15) is 33.8 Å². The Balaban J connectivity index is 1.17. The number of amides is 3. The largest absolute Gasteiger partial charge is 0.459 e. The molecule has 1 aromatic heterocycles. The predicted molar refractivity (Wildman–Crippen MR) is 117 cm³/mol. The standard InChI is InChI=1S/C24H26FN3O6/c25-19-5-3-17(4-6-19)22(30)27-9-7-18(8-10-27)24(32)34-16-21(29)26-11-13-28(14-12-26)23(31)20-2-1-15-33-20/h1-6,15,18H,7-14,16H2. The highest BCUT2D eigenvalue weighted by atomic mass is 19.1. The van der Waals surface area contributed by atoms with E-state index in [1.165, 1.54) is 30.5 Å². The number of furan rings is 1. The van der Waals surface area contributed by atoms with Crippen LogP contribution >= 0.6 is 0 Å². The van der Waals surface area contributed by atoms with Crippen LogP contribution in [0.3, 0.4) is 0 Å². The number of esters is 1. The van der Waals surface area contributed by atoms with Gasteiger partial charge in [0, 0.05) is 44.8 Å². The fourth-order valence-corrected chi connectivity index (χ4v) is 4.15. The minimum atomic E-state index is -0.450. The van der Waals surface area contributed by atoms with Crippen molar-refractivity contribution in [3.05, 3.63) is 59.8 Å². The van der Waals surface area contributed by atoms with E-state index in [2.05, 4.69) is 0 Å². The van der Waals surface area contributed by atoms with Gasteiger partial charge in [0.1, 0.15) is 5.82 Å². The average Bonchev–Trinajstić information content (AvgIpc) is 3.42. The van der Waals surface area contributed by atoms with Crippen LogP contribution in [0.25, 0.3) is 0 Å². The van der Waals surface area contributed by atoms with Gasteiger partial charge < -0.3 is 23.9 Å². The molecule has 0 aliphatic carbocycles. The summed E-state index contributed by atoms with van der Waals surface area (Å²) in [6.45, 7) is 1.88. The number of nitrogens with zero attached hydrogens (tertiary/aromatic N) is 3. The molecule has 2 aliphatic heterocycles. The Labute approximate surface area is 196 Å². The number of rotatable bonds is 5. The van der Waals surface area contributed by atoms with Crippen LogP contribution in [0.4, 0.5) is 4.39 Å². The summed E-state index contributed by atoms with van der Waals surface area (Å²) in [7, 11) is 0. The molecule has 0 radical (unpaired) electrons. The molecule has 0 spiro atoms. The van der Waals surface area contributed by atoms with Crippen molar-refractivity contribution in [2.24, 2.45) is 5.92 Å². The van der Waals surface area contributed by atoms with Gasteiger partial charge in [0.15, 0.2) is 12.4 Å². The van der Waals surface area contributed by atoms with Gasteiger partial charge in [-0.05, 0) is 49.2 Å². The first-order chi connectivity index (χ1) is 16.4. The molecule has 0 N–H and O–H groups in total. The first-order valence-electron chi connectivity index (χ1n) is 11.2. The van der Waals surface area contributed by atoms with Crippen LogP contribution in [-0.4, -0.2) is 84.3 Å². The number of piperidine rings is 1. The minimum absolute atomic E-state index is 0.202. The summed E-state index contributed by atoms with van der Waals surface area (Å²) in [5, 5.41) is 0. The van der Waals surface area contributed by atoms with Crippen LogP contribution in [0.15, 0.2) is 47.1 Å². The normalized spacial score (nSPS) is 16.9. The highest BCUT2D eigenvalue weighted by Crippen LogP contribution is 2.21. The fraction of sp³-hybridized carbons (Fsp3) is 0.417. The zero-order valence-electron chi connectivity index (χ0n) is 18.7. The van der Waals surface area contributed by atoms with Gasteiger partial charge in [0.2, 0.25) is 0 Å². The number of likely N-dealkylation sites (tertiary alicyclic amines) is 1. The SMILES string of the molecule is O=C(OCC(=O)N1CCN(C(=O)c2ccco2)CC1)C1CCN(C(=O)c2ccc(F)cc2)CC1. The average molecular weight is 471 g/mol. The van der Waals surface area contributed by atoms with E-state index in [0.29, 0.717) is 57.7 Å². The number of piperazine rings is 1. The topological polar surface area (TPSA) is 100 Å². The number of halogens is 1. The molecule has 0 unspecified atom stereocenters. The number of carbonyl (C=O) groups excluding carboxylic acids is 4. The summed E-state index contributed by atoms with van der Waals surface area (Å²) in [6, 6.07) is 8.61. The number of hydrogen-bond donors (Lipinski definition) is 0. The summed E-state index contributed by atoms with van der Waals surface area (Å²) in [5.41, 5.74) is 0.402. The monoisotopic (exact) mass is 471 g/mol.